The molecule has 0 aliphatic heterocycles. The molecule has 0 aromatic heterocycles. The summed E-state index contributed by atoms with van der Waals surface area (Å²) < 4.78 is 22.3. The first-order chi connectivity index (χ1) is 6.12. The zero-order valence-corrected chi connectivity index (χ0v) is 12.3. The minimum Gasteiger partial charge on any atom is -0.302 e. The van der Waals surface area contributed by atoms with Gasteiger partial charge >= 0.3 is 7.82 Å². The second-order valence-electron chi connectivity index (χ2n) is 2.22. The maximum Gasteiger partial charge on any atom is 0.472 e. The van der Waals surface area contributed by atoms with Crippen LogP contribution in [0.1, 0.15) is 12.8 Å². The van der Waals surface area contributed by atoms with Gasteiger partial charge in [0.15, 0.2) is 0 Å². The van der Waals surface area contributed by atoms with E-state index in [1.807, 2.05) is 0 Å². The Balaban J connectivity index is 3.49. The summed E-state index contributed by atoms with van der Waals surface area (Å²) in [5, 5.41) is 0. The maximum atomic E-state index is 11.1. The standard InChI is InChI=1S/C6H13I2O4P/c7-3-1-5-11-13(9,10)12-6-2-4-8/h1-6H2,(H,9,10). The van der Waals surface area contributed by atoms with E-state index in [2.05, 4.69) is 45.2 Å². The van der Waals surface area contributed by atoms with E-state index in [9.17, 15) is 4.57 Å². The molecule has 0 aliphatic rings. The van der Waals surface area contributed by atoms with Gasteiger partial charge in [-0.15, -0.1) is 0 Å². The highest BCUT2D eigenvalue weighted by molar-refractivity contribution is 14.1. The van der Waals surface area contributed by atoms with E-state index in [1.165, 1.54) is 0 Å². The molecule has 0 spiro atoms. The first-order valence-electron chi connectivity index (χ1n) is 3.86. The molecule has 0 saturated carbocycles. The van der Waals surface area contributed by atoms with E-state index in [1.54, 1.807) is 0 Å². The molecular formula is C6H13I2O4P. The Morgan fingerprint density at radius 2 is 1.46 bits per heavy atom. The van der Waals surface area contributed by atoms with Crippen LogP contribution in [0.5, 0.6) is 0 Å². The second kappa shape index (κ2) is 8.84. The van der Waals surface area contributed by atoms with Gasteiger partial charge in [0.25, 0.3) is 0 Å². The highest BCUT2D eigenvalue weighted by Crippen LogP contribution is 2.43. The summed E-state index contributed by atoms with van der Waals surface area (Å²) in [5.74, 6) is 0. The molecule has 1 N–H and O–H groups in total. The van der Waals surface area contributed by atoms with Crippen molar-refractivity contribution in [2.24, 2.45) is 0 Å². The maximum absolute atomic E-state index is 11.1. The molecule has 0 fully saturated rings. The Labute approximate surface area is 106 Å². The third-order valence-corrected chi connectivity index (χ3v) is 3.61. The number of hydrogen-bond acceptors (Lipinski definition) is 3. The molecule has 0 radical (unpaired) electrons. The van der Waals surface area contributed by atoms with E-state index in [0.717, 1.165) is 21.7 Å². The first-order valence-corrected chi connectivity index (χ1v) is 8.41. The van der Waals surface area contributed by atoms with Gasteiger partial charge in [0.2, 0.25) is 0 Å². The zero-order chi connectivity index (χ0) is 10.2. The fraction of sp³-hybridized carbons (Fsp3) is 1.00. The van der Waals surface area contributed by atoms with Crippen LogP contribution in [0.15, 0.2) is 0 Å². The van der Waals surface area contributed by atoms with Crippen LogP contribution in [-0.4, -0.2) is 27.0 Å². The molecule has 0 bridgehead atoms. The van der Waals surface area contributed by atoms with Crippen molar-refractivity contribution in [3.63, 3.8) is 0 Å². The van der Waals surface area contributed by atoms with Crippen molar-refractivity contribution in [3.05, 3.63) is 0 Å². The van der Waals surface area contributed by atoms with Crippen molar-refractivity contribution in [2.45, 2.75) is 12.8 Å². The number of hydrogen-bond donors (Lipinski definition) is 1. The van der Waals surface area contributed by atoms with Crippen LogP contribution < -0.4 is 0 Å². The average Bonchev–Trinajstić information content (AvgIpc) is 2.05. The van der Waals surface area contributed by atoms with Gasteiger partial charge in [0, 0.05) is 8.86 Å². The van der Waals surface area contributed by atoms with Crippen molar-refractivity contribution in [3.8, 4) is 0 Å². The predicted octanol–water partition coefficient (Wildman–Crippen LogP) is 2.77. The van der Waals surface area contributed by atoms with Crippen molar-refractivity contribution < 1.29 is 18.5 Å². The summed E-state index contributed by atoms with van der Waals surface area (Å²) in [7, 11) is -3.76. The van der Waals surface area contributed by atoms with Crippen LogP contribution in [0.4, 0.5) is 0 Å². The van der Waals surface area contributed by atoms with Crippen molar-refractivity contribution in [1.82, 2.24) is 0 Å². The number of phosphoric ester groups is 1. The van der Waals surface area contributed by atoms with Gasteiger partial charge < -0.3 is 4.89 Å². The van der Waals surface area contributed by atoms with Crippen LogP contribution in [0, 0.1) is 0 Å². The fourth-order valence-electron chi connectivity index (χ4n) is 0.506. The molecule has 0 heterocycles. The Morgan fingerprint density at radius 1 is 1.08 bits per heavy atom. The molecule has 0 unspecified atom stereocenters. The summed E-state index contributed by atoms with van der Waals surface area (Å²) in [6, 6.07) is 0. The number of phosphoric acid groups is 1. The summed E-state index contributed by atoms with van der Waals surface area (Å²) in [6.07, 6.45) is 1.53. The minimum atomic E-state index is -3.76. The van der Waals surface area contributed by atoms with Gasteiger partial charge in [0.05, 0.1) is 13.2 Å². The van der Waals surface area contributed by atoms with Crippen LogP contribution in [0.3, 0.4) is 0 Å². The molecule has 0 rings (SSSR count). The quantitative estimate of drug-likeness (QED) is 0.277. The van der Waals surface area contributed by atoms with Gasteiger partial charge in [0.1, 0.15) is 0 Å². The Bertz CT molecular complexity index is 153. The molecule has 0 aromatic carbocycles. The monoisotopic (exact) mass is 434 g/mol. The third kappa shape index (κ3) is 9.86. The van der Waals surface area contributed by atoms with E-state index >= 15 is 0 Å². The Kier molecular flexibility index (Phi) is 9.91. The van der Waals surface area contributed by atoms with E-state index in [0.29, 0.717) is 0 Å². The average molecular weight is 434 g/mol. The normalized spacial score (nSPS) is 11.9. The second-order valence-corrected chi connectivity index (χ2v) is 5.83. The lowest BCUT2D eigenvalue weighted by molar-refractivity contribution is 0.151. The van der Waals surface area contributed by atoms with E-state index in [-0.39, 0.29) is 13.2 Å². The molecule has 0 saturated heterocycles. The summed E-state index contributed by atoms with van der Waals surface area (Å²) >= 11 is 4.36. The van der Waals surface area contributed by atoms with Crippen molar-refractivity contribution >= 4 is 53.0 Å². The first kappa shape index (κ1) is 14.6. The molecule has 7 heteroatoms. The summed E-state index contributed by atoms with van der Waals surface area (Å²) in [5.41, 5.74) is 0. The topological polar surface area (TPSA) is 55.8 Å². The molecule has 80 valence electrons. The van der Waals surface area contributed by atoms with Crippen molar-refractivity contribution in [2.75, 3.05) is 22.1 Å². The van der Waals surface area contributed by atoms with E-state index in [4.69, 9.17) is 13.9 Å². The SMILES string of the molecule is O=P(O)(OCCCI)OCCCI. The number of halogens is 2. The summed E-state index contributed by atoms with van der Waals surface area (Å²) in [4.78, 5) is 9.07. The van der Waals surface area contributed by atoms with Crippen LogP contribution >= 0.6 is 53.0 Å². The van der Waals surface area contributed by atoms with Gasteiger partial charge in [-0.2, -0.15) is 0 Å². The van der Waals surface area contributed by atoms with Gasteiger partial charge in [-0.25, -0.2) is 4.57 Å². The Morgan fingerprint density at radius 3 is 1.77 bits per heavy atom. The largest absolute Gasteiger partial charge is 0.472 e. The van der Waals surface area contributed by atoms with Crippen molar-refractivity contribution in [1.29, 1.82) is 0 Å². The summed E-state index contributed by atoms with van der Waals surface area (Å²) in [6.45, 7) is 0.557. The van der Waals surface area contributed by atoms with Crippen LogP contribution in [-0.2, 0) is 13.6 Å². The molecule has 0 aliphatic carbocycles. The fourth-order valence-corrected chi connectivity index (χ4v) is 1.92. The highest BCUT2D eigenvalue weighted by atomic mass is 127. The lowest BCUT2D eigenvalue weighted by atomic mass is 10.5. The molecule has 13 heavy (non-hydrogen) atoms. The van der Waals surface area contributed by atoms with Crippen LogP contribution in [0.2, 0.25) is 0 Å². The van der Waals surface area contributed by atoms with Gasteiger partial charge in [-0.3, -0.25) is 9.05 Å². The molecule has 4 nitrogen and oxygen atoms in total. The molecular weight excluding hydrogens is 421 g/mol. The molecule has 0 atom stereocenters. The predicted molar refractivity (Wildman–Crippen MR) is 68.7 cm³/mol. The minimum absolute atomic E-state index is 0.279. The van der Waals surface area contributed by atoms with Gasteiger partial charge in [-0.1, -0.05) is 45.2 Å². The lowest BCUT2D eigenvalue weighted by Crippen LogP contribution is -1.99. The molecule has 0 amide bonds. The smallest absolute Gasteiger partial charge is 0.302 e. The third-order valence-electron chi connectivity index (χ3n) is 1.06. The lowest BCUT2D eigenvalue weighted by Gasteiger charge is -2.10. The number of rotatable bonds is 8. The zero-order valence-electron chi connectivity index (χ0n) is 7.12. The van der Waals surface area contributed by atoms with Crippen LogP contribution in [0.25, 0.3) is 0 Å². The highest BCUT2D eigenvalue weighted by Gasteiger charge is 2.19. The van der Waals surface area contributed by atoms with E-state index < -0.39 is 7.82 Å². The Hall–Kier alpha value is 1.57. The molecule has 0 aromatic rings. The number of alkyl halides is 2. The van der Waals surface area contributed by atoms with Gasteiger partial charge in [-0.05, 0) is 12.8 Å².